The molecule has 0 aliphatic carbocycles. The van der Waals surface area contributed by atoms with Gasteiger partial charge in [-0.1, -0.05) is 218 Å². The standard InChI is InChI=1S/C72H48N2/c1-3-16-53(17-4-1)63-26-7-8-27-64(63)60-22-14-20-56(45-60)55-19-13-18-54(44-55)51-36-32-49(33-37-51)50-34-38-52(39-35-50)57-21-15-25-62(46-57)74-70-31-12-10-29-66(70)68-48-59(41-43-72(68)74)58-40-42-71-67(47-58)65-28-9-11-30-69(65)73(71)61-23-5-2-6-24-61/h1-48H. The van der Waals surface area contributed by atoms with Crippen molar-refractivity contribution in [1.29, 1.82) is 0 Å². The summed E-state index contributed by atoms with van der Waals surface area (Å²) in [5.74, 6) is 0. The molecule has 2 aromatic heterocycles. The molecule has 2 heterocycles. The van der Waals surface area contributed by atoms with Crippen LogP contribution in [0, 0.1) is 0 Å². The average Bonchev–Trinajstić information content (AvgIpc) is 4.02. The molecule has 0 bridgehead atoms. The zero-order valence-corrected chi connectivity index (χ0v) is 40.6. The van der Waals surface area contributed by atoms with Crippen LogP contribution < -0.4 is 0 Å². The van der Waals surface area contributed by atoms with Gasteiger partial charge in [-0.05, 0) is 151 Å². The van der Waals surface area contributed by atoms with E-state index in [9.17, 15) is 0 Å². The van der Waals surface area contributed by atoms with Crippen LogP contribution in [0.5, 0.6) is 0 Å². The molecule has 2 heteroatoms. The van der Waals surface area contributed by atoms with Crippen LogP contribution in [0.2, 0.25) is 0 Å². The molecule has 14 aromatic rings. The first-order valence-corrected chi connectivity index (χ1v) is 25.5. The lowest BCUT2D eigenvalue weighted by Gasteiger charge is -2.12. The van der Waals surface area contributed by atoms with Crippen molar-refractivity contribution in [1.82, 2.24) is 9.13 Å². The Kier molecular flexibility index (Phi) is 10.6. The lowest BCUT2D eigenvalue weighted by Crippen LogP contribution is -1.94. The summed E-state index contributed by atoms with van der Waals surface area (Å²) < 4.78 is 4.80. The SMILES string of the molecule is c1ccc(-c2ccccc2-c2cccc(-c3cccc(-c4ccc(-c5ccc(-c6cccc(-n7c8ccccc8c8cc(-c9ccc%10c(c9)c9ccccc9n%10-c9ccccc9)ccc87)c6)cc5)cc4)c3)c2)cc1. The van der Waals surface area contributed by atoms with E-state index in [-0.39, 0.29) is 0 Å². The van der Waals surface area contributed by atoms with Gasteiger partial charge >= 0.3 is 0 Å². The maximum Gasteiger partial charge on any atom is 0.0541 e. The Morgan fingerprint density at radius 3 is 1.04 bits per heavy atom. The minimum atomic E-state index is 1.14. The summed E-state index contributed by atoms with van der Waals surface area (Å²) in [5.41, 5.74) is 24.0. The van der Waals surface area contributed by atoms with Crippen LogP contribution in [-0.4, -0.2) is 9.13 Å². The van der Waals surface area contributed by atoms with E-state index in [2.05, 4.69) is 300 Å². The van der Waals surface area contributed by atoms with Gasteiger partial charge in [-0.15, -0.1) is 0 Å². The Bertz CT molecular complexity index is 4390. The number of benzene rings is 12. The van der Waals surface area contributed by atoms with E-state index < -0.39 is 0 Å². The second-order valence-electron chi connectivity index (χ2n) is 19.3. The van der Waals surface area contributed by atoms with Gasteiger partial charge in [-0.25, -0.2) is 0 Å². The molecule has 346 valence electrons. The summed E-state index contributed by atoms with van der Waals surface area (Å²) in [6.07, 6.45) is 0. The number of hydrogen-bond donors (Lipinski definition) is 0. The van der Waals surface area contributed by atoms with E-state index in [1.54, 1.807) is 0 Å². The highest BCUT2D eigenvalue weighted by Gasteiger charge is 2.17. The van der Waals surface area contributed by atoms with Crippen molar-refractivity contribution >= 4 is 43.6 Å². The van der Waals surface area contributed by atoms with Crippen LogP contribution in [-0.2, 0) is 0 Å². The Balaban J connectivity index is 0.731. The Hall–Kier alpha value is -9.76. The van der Waals surface area contributed by atoms with Crippen LogP contribution in [0.15, 0.2) is 291 Å². The van der Waals surface area contributed by atoms with Gasteiger partial charge in [0.05, 0.1) is 22.1 Å². The molecule has 74 heavy (non-hydrogen) atoms. The largest absolute Gasteiger partial charge is 0.309 e. The molecule has 14 rings (SSSR count). The van der Waals surface area contributed by atoms with E-state index >= 15 is 0 Å². The second-order valence-corrected chi connectivity index (χ2v) is 19.3. The van der Waals surface area contributed by atoms with E-state index in [1.165, 1.54) is 127 Å². The third kappa shape index (κ3) is 7.60. The maximum absolute atomic E-state index is 2.42. The average molecular weight is 941 g/mol. The van der Waals surface area contributed by atoms with Gasteiger partial charge in [-0.3, -0.25) is 0 Å². The fourth-order valence-electron chi connectivity index (χ4n) is 11.3. The molecule has 0 aliphatic heterocycles. The maximum atomic E-state index is 2.42. The summed E-state index contributed by atoms with van der Waals surface area (Å²) in [6, 6.07) is 106. The fraction of sp³-hybridized carbons (Fsp3) is 0. The Morgan fingerprint density at radius 2 is 0.486 bits per heavy atom. The smallest absolute Gasteiger partial charge is 0.0541 e. The van der Waals surface area contributed by atoms with Crippen LogP contribution in [0.3, 0.4) is 0 Å². The van der Waals surface area contributed by atoms with Crippen LogP contribution >= 0.6 is 0 Å². The first kappa shape index (κ1) is 43.1. The van der Waals surface area contributed by atoms with Gasteiger partial charge < -0.3 is 9.13 Å². The summed E-state index contributed by atoms with van der Waals surface area (Å²) in [4.78, 5) is 0. The summed E-state index contributed by atoms with van der Waals surface area (Å²) in [5, 5.41) is 4.99. The van der Waals surface area contributed by atoms with Gasteiger partial charge in [-0.2, -0.15) is 0 Å². The zero-order valence-electron chi connectivity index (χ0n) is 40.6. The summed E-state index contributed by atoms with van der Waals surface area (Å²) in [6.45, 7) is 0. The highest BCUT2D eigenvalue weighted by Crippen LogP contribution is 2.40. The molecule has 0 atom stereocenters. The van der Waals surface area contributed by atoms with Gasteiger partial charge in [0.1, 0.15) is 0 Å². The lowest BCUT2D eigenvalue weighted by molar-refractivity contribution is 1.18. The van der Waals surface area contributed by atoms with Crippen molar-refractivity contribution < 1.29 is 0 Å². The molecule has 2 nitrogen and oxygen atoms in total. The molecule has 0 saturated heterocycles. The number of hydrogen-bond acceptors (Lipinski definition) is 0. The number of fused-ring (bicyclic) bond motifs is 6. The van der Waals surface area contributed by atoms with Gasteiger partial charge in [0.15, 0.2) is 0 Å². The van der Waals surface area contributed by atoms with Crippen LogP contribution in [0.4, 0.5) is 0 Å². The minimum Gasteiger partial charge on any atom is -0.309 e. The molecule has 0 radical (unpaired) electrons. The summed E-state index contributed by atoms with van der Waals surface area (Å²) >= 11 is 0. The molecule has 0 N–H and O–H groups in total. The third-order valence-corrected chi connectivity index (χ3v) is 14.9. The van der Waals surface area contributed by atoms with E-state index in [0.29, 0.717) is 0 Å². The first-order chi connectivity index (χ1) is 36.7. The Labute approximate surface area is 431 Å². The normalized spacial score (nSPS) is 11.5. The van der Waals surface area contributed by atoms with E-state index in [4.69, 9.17) is 0 Å². The van der Waals surface area contributed by atoms with E-state index in [0.717, 1.165) is 5.69 Å². The monoisotopic (exact) mass is 940 g/mol. The molecule has 0 amide bonds. The quantitative estimate of drug-likeness (QED) is 0.136. The number of nitrogens with zero attached hydrogens (tertiary/aromatic N) is 2. The molecule has 12 aromatic carbocycles. The van der Waals surface area contributed by atoms with Gasteiger partial charge in [0.25, 0.3) is 0 Å². The molecule has 0 fully saturated rings. The molecule has 0 aliphatic rings. The van der Waals surface area contributed by atoms with Crippen LogP contribution in [0.1, 0.15) is 0 Å². The second kappa shape index (κ2) is 18.1. The van der Waals surface area contributed by atoms with Crippen molar-refractivity contribution in [2.45, 2.75) is 0 Å². The molecule has 0 saturated carbocycles. The fourth-order valence-corrected chi connectivity index (χ4v) is 11.3. The molecular weight excluding hydrogens is 893 g/mol. The predicted octanol–water partition coefficient (Wildman–Crippen LogP) is 19.5. The van der Waals surface area contributed by atoms with Crippen molar-refractivity contribution in [3.05, 3.63) is 291 Å². The highest BCUT2D eigenvalue weighted by atomic mass is 15.0. The van der Waals surface area contributed by atoms with Crippen molar-refractivity contribution in [2.75, 3.05) is 0 Å². The van der Waals surface area contributed by atoms with Crippen LogP contribution in [0.25, 0.3) is 133 Å². The zero-order chi connectivity index (χ0) is 49.0. The predicted molar refractivity (Wildman–Crippen MR) is 313 cm³/mol. The molecule has 0 spiro atoms. The first-order valence-electron chi connectivity index (χ1n) is 25.5. The molecule has 0 unspecified atom stereocenters. The topological polar surface area (TPSA) is 9.86 Å². The van der Waals surface area contributed by atoms with Gasteiger partial charge in [0, 0.05) is 32.9 Å². The number of aromatic nitrogens is 2. The Morgan fingerprint density at radius 1 is 0.162 bits per heavy atom. The lowest BCUT2D eigenvalue weighted by atomic mass is 9.92. The minimum absolute atomic E-state index is 1.14. The highest BCUT2D eigenvalue weighted by molar-refractivity contribution is 6.13. The number of para-hydroxylation sites is 3. The van der Waals surface area contributed by atoms with E-state index in [1.807, 2.05) is 0 Å². The number of rotatable bonds is 9. The van der Waals surface area contributed by atoms with Gasteiger partial charge in [0.2, 0.25) is 0 Å². The summed E-state index contributed by atoms with van der Waals surface area (Å²) in [7, 11) is 0. The van der Waals surface area contributed by atoms with Crippen molar-refractivity contribution in [3.63, 3.8) is 0 Å². The van der Waals surface area contributed by atoms with Crippen molar-refractivity contribution in [2.24, 2.45) is 0 Å². The third-order valence-electron chi connectivity index (χ3n) is 14.9. The molecular formula is C72H48N2. The van der Waals surface area contributed by atoms with Crippen molar-refractivity contribution in [3.8, 4) is 89.3 Å².